The second-order valence-electron chi connectivity index (χ2n) is 5.11. The first-order valence-corrected chi connectivity index (χ1v) is 7.68. The lowest BCUT2D eigenvalue weighted by atomic mass is 10.1. The fourth-order valence-electron chi connectivity index (χ4n) is 2.54. The van der Waals surface area contributed by atoms with Gasteiger partial charge in [0.1, 0.15) is 5.76 Å². The van der Waals surface area contributed by atoms with Gasteiger partial charge in [0.15, 0.2) is 0 Å². The summed E-state index contributed by atoms with van der Waals surface area (Å²) in [4.78, 5) is 2.46. The van der Waals surface area contributed by atoms with E-state index in [1.165, 1.54) is 12.0 Å². The van der Waals surface area contributed by atoms with Crippen molar-refractivity contribution < 1.29 is 9.15 Å². The molecule has 0 amide bonds. The van der Waals surface area contributed by atoms with Gasteiger partial charge in [-0.15, -0.1) is 0 Å². The fourth-order valence-corrected chi connectivity index (χ4v) is 3.20. The van der Waals surface area contributed by atoms with Crippen molar-refractivity contribution in [3.8, 4) is 0 Å². The van der Waals surface area contributed by atoms with E-state index in [0.717, 1.165) is 38.6 Å². The van der Waals surface area contributed by atoms with E-state index in [-0.39, 0.29) is 0 Å². The predicted molar refractivity (Wildman–Crippen MR) is 76.1 cm³/mol. The summed E-state index contributed by atoms with van der Waals surface area (Å²) in [6, 6.07) is 6.20. The monoisotopic (exact) mass is 277 g/mol. The van der Waals surface area contributed by atoms with Crippen LogP contribution >= 0.6 is 11.3 Å². The third-order valence-electron chi connectivity index (χ3n) is 3.49. The topological polar surface area (TPSA) is 25.6 Å². The van der Waals surface area contributed by atoms with E-state index in [4.69, 9.17) is 9.15 Å². The molecule has 1 saturated heterocycles. The van der Waals surface area contributed by atoms with Gasteiger partial charge in [-0.2, -0.15) is 11.3 Å². The molecular formula is C15H19NO2S. The van der Waals surface area contributed by atoms with Crippen LogP contribution in [0, 0.1) is 5.92 Å². The van der Waals surface area contributed by atoms with Crippen LogP contribution in [0.2, 0.25) is 0 Å². The van der Waals surface area contributed by atoms with E-state index < -0.39 is 0 Å². The van der Waals surface area contributed by atoms with Crippen LogP contribution in [0.25, 0.3) is 0 Å². The first kappa shape index (κ1) is 12.9. The zero-order valence-electron chi connectivity index (χ0n) is 11.0. The molecule has 2 aromatic rings. The summed E-state index contributed by atoms with van der Waals surface area (Å²) in [5, 5.41) is 4.36. The summed E-state index contributed by atoms with van der Waals surface area (Å²) < 4.78 is 11.0. The number of rotatable bonds is 6. The molecule has 0 N–H and O–H groups in total. The normalized spacial score (nSPS) is 19.3. The molecule has 0 bridgehead atoms. The van der Waals surface area contributed by atoms with Crippen molar-refractivity contribution in [2.45, 2.75) is 19.5 Å². The third kappa shape index (κ3) is 3.69. The molecule has 3 nitrogen and oxygen atoms in total. The van der Waals surface area contributed by atoms with Crippen molar-refractivity contribution in [2.24, 2.45) is 5.92 Å². The predicted octanol–water partition coefficient (Wildman–Crippen LogP) is 3.38. The number of hydrogen-bond donors (Lipinski definition) is 0. The Labute approximate surface area is 117 Å². The molecule has 3 rings (SSSR count). The Hall–Kier alpha value is -1.10. The van der Waals surface area contributed by atoms with Crippen molar-refractivity contribution in [1.29, 1.82) is 0 Å². The number of hydrogen-bond acceptors (Lipinski definition) is 4. The van der Waals surface area contributed by atoms with Gasteiger partial charge in [0.25, 0.3) is 0 Å². The number of nitrogens with zero attached hydrogens (tertiary/aromatic N) is 1. The molecule has 3 heterocycles. The molecular weight excluding hydrogens is 258 g/mol. The molecule has 1 unspecified atom stereocenters. The van der Waals surface area contributed by atoms with E-state index in [0.29, 0.717) is 5.92 Å². The van der Waals surface area contributed by atoms with Gasteiger partial charge in [-0.3, -0.25) is 4.90 Å². The minimum Gasteiger partial charge on any atom is -0.468 e. The Morgan fingerprint density at radius 3 is 3.00 bits per heavy atom. The molecule has 1 fully saturated rings. The Morgan fingerprint density at radius 2 is 2.32 bits per heavy atom. The quantitative estimate of drug-likeness (QED) is 0.809. The van der Waals surface area contributed by atoms with Crippen molar-refractivity contribution in [2.75, 3.05) is 19.8 Å². The first-order chi connectivity index (χ1) is 9.40. The molecule has 0 radical (unpaired) electrons. The van der Waals surface area contributed by atoms with E-state index in [9.17, 15) is 0 Å². The van der Waals surface area contributed by atoms with Crippen LogP contribution in [0.4, 0.5) is 0 Å². The van der Waals surface area contributed by atoms with Crippen LogP contribution in [0.3, 0.4) is 0 Å². The number of thiophene rings is 1. The SMILES string of the molecule is c1coc(CN(Cc2ccsc2)CC2CCOC2)c1. The summed E-state index contributed by atoms with van der Waals surface area (Å²) in [6.07, 6.45) is 2.93. The van der Waals surface area contributed by atoms with Crippen LogP contribution in [0.5, 0.6) is 0 Å². The minimum atomic E-state index is 0.661. The van der Waals surface area contributed by atoms with Crippen molar-refractivity contribution in [3.05, 3.63) is 46.5 Å². The van der Waals surface area contributed by atoms with Gasteiger partial charge in [-0.25, -0.2) is 0 Å². The van der Waals surface area contributed by atoms with Gasteiger partial charge in [0.2, 0.25) is 0 Å². The van der Waals surface area contributed by atoms with Crippen LogP contribution in [0.15, 0.2) is 39.6 Å². The Balaban J connectivity index is 1.63. The second kappa shape index (κ2) is 6.37. The van der Waals surface area contributed by atoms with Gasteiger partial charge >= 0.3 is 0 Å². The molecule has 0 aliphatic carbocycles. The van der Waals surface area contributed by atoms with Crippen molar-refractivity contribution >= 4 is 11.3 Å². The lowest BCUT2D eigenvalue weighted by molar-refractivity contribution is 0.157. The van der Waals surface area contributed by atoms with Crippen molar-refractivity contribution in [3.63, 3.8) is 0 Å². The number of furan rings is 1. The average Bonchev–Trinajstić information content (AvgIpc) is 3.10. The summed E-state index contributed by atoms with van der Waals surface area (Å²) >= 11 is 1.76. The van der Waals surface area contributed by atoms with Crippen LogP contribution in [0.1, 0.15) is 17.7 Å². The van der Waals surface area contributed by atoms with Crippen LogP contribution in [-0.4, -0.2) is 24.7 Å². The molecule has 0 saturated carbocycles. The van der Waals surface area contributed by atoms with E-state index in [1.54, 1.807) is 17.6 Å². The van der Waals surface area contributed by atoms with Gasteiger partial charge < -0.3 is 9.15 Å². The molecule has 19 heavy (non-hydrogen) atoms. The zero-order chi connectivity index (χ0) is 12.9. The van der Waals surface area contributed by atoms with Gasteiger partial charge in [0, 0.05) is 19.7 Å². The third-order valence-corrected chi connectivity index (χ3v) is 4.22. The van der Waals surface area contributed by atoms with Gasteiger partial charge in [-0.05, 0) is 46.9 Å². The zero-order valence-corrected chi connectivity index (χ0v) is 11.8. The molecule has 4 heteroatoms. The highest BCUT2D eigenvalue weighted by Gasteiger charge is 2.20. The standard InChI is InChI=1S/C15H19NO2S/c1-2-15(18-5-1)10-16(8-13-3-6-17-11-13)9-14-4-7-19-12-14/h1-2,4-5,7,12-13H,3,6,8-11H2. The summed E-state index contributed by atoms with van der Waals surface area (Å²) in [7, 11) is 0. The molecule has 1 aliphatic rings. The van der Waals surface area contributed by atoms with Crippen LogP contribution < -0.4 is 0 Å². The molecule has 1 aliphatic heterocycles. The maximum Gasteiger partial charge on any atom is 0.117 e. The lowest BCUT2D eigenvalue weighted by Crippen LogP contribution is -2.28. The average molecular weight is 277 g/mol. The highest BCUT2D eigenvalue weighted by atomic mass is 32.1. The molecule has 1 atom stereocenters. The highest BCUT2D eigenvalue weighted by Crippen LogP contribution is 2.19. The van der Waals surface area contributed by atoms with E-state index >= 15 is 0 Å². The first-order valence-electron chi connectivity index (χ1n) is 6.74. The minimum absolute atomic E-state index is 0.661. The molecule has 102 valence electrons. The number of ether oxygens (including phenoxy) is 1. The maximum atomic E-state index is 5.48. The Bertz CT molecular complexity index is 424. The lowest BCUT2D eigenvalue weighted by Gasteiger charge is -2.23. The fraction of sp³-hybridized carbons (Fsp3) is 0.467. The summed E-state index contributed by atoms with van der Waals surface area (Å²) in [5.74, 6) is 1.70. The van der Waals surface area contributed by atoms with Gasteiger partial charge in [-0.1, -0.05) is 0 Å². The Morgan fingerprint density at radius 1 is 1.32 bits per heavy atom. The van der Waals surface area contributed by atoms with E-state index in [1.807, 2.05) is 12.1 Å². The van der Waals surface area contributed by atoms with Gasteiger partial charge in [0.05, 0.1) is 19.4 Å². The largest absolute Gasteiger partial charge is 0.468 e. The maximum absolute atomic E-state index is 5.48. The highest BCUT2D eigenvalue weighted by molar-refractivity contribution is 7.07. The Kier molecular flexibility index (Phi) is 4.33. The van der Waals surface area contributed by atoms with Crippen molar-refractivity contribution in [1.82, 2.24) is 4.90 Å². The second-order valence-corrected chi connectivity index (χ2v) is 5.89. The van der Waals surface area contributed by atoms with Crippen LogP contribution in [-0.2, 0) is 17.8 Å². The summed E-state index contributed by atoms with van der Waals surface area (Å²) in [6.45, 7) is 4.76. The molecule has 0 aromatic carbocycles. The molecule has 0 spiro atoms. The molecule has 2 aromatic heterocycles. The summed E-state index contributed by atoms with van der Waals surface area (Å²) in [5.41, 5.74) is 1.38. The van der Waals surface area contributed by atoms with E-state index in [2.05, 4.69) is 21.7 Å². The smallest absolute Gasteiger partial charge is 0.117 e.